The van der Waals surface area contributed by atoms with Gasteiger partial charge in [0.25, 0.3) is 5.91 Å². The molecule has 0 unspecified atom stereocenters. The van der Waals surface area contributed by atoms with Crippen LogP contribution in [-0.2, 0) is 0 Å². The van der Waals surface area contributed by atoms with Crippen molar-refractivity contribution >= 4 is 34.6 Å². The van der Waals surface area contributed by atoms with Crippen LogP contribution in [0.25, 0.3) is 16.5 Å². The normalized spacial score (nSPS) is 13.2. The molecule has 0 fully saturated rings. The quantitative estimate of drug-likeness (QED) is 0.216. The first-order chi connectivity index (χ1) is 16.5. The molecule has 0 radical (unpaired) electrons. The van der Waals surface area contributed by atoms with Gasteiger partial charge in [0.05, 0.1) is 12.5 Å². The number of aromatic nitrogens is 3. The Morgan fingerprint density at radius 3 is 2.79 bits per heavy atom. The number of fused-ring (bicyclic) bond motifs is 1. The maximum atomic E-state index is 12.3. The molecule has 0 saturated heterocycles. The highest BCUT2D eigenvalue weighted by Gasteiger charge is 2.11. The molecule has 2 heterocycles. The lowest BCUT2D eigenvalue weighted by Crippen LogP contribution is -2.27. The summed E-state index contributed by atoms with van der Waals surface area (Å²) in [4.78, 5) is 24.3. The summed E-state index contributed by atoms with van der Waals surface area (Å²) >= 11 is 0. The predicted molar refractivity (Wildman–Crippen MR) is 140 cm³/mol. The fourth-order valence-electron chi connectivity index (χ4n) is 3.23. The van der Waals surface area contributed by atoms with Gasteiger partial charge in [0, 0.05) is 48.0 Å². The Hall–Kier alpha value is -4.20. The van der Waals surface area contributed by atoms with Crippen molar-refractivity contribution in [3.8, 4) is 0 Å². The van der Waals surface area contributed by atoms with E-state index in [-0.39, 0.29) is 5.91 Å². The van der Waals surface area contributed by atoms with E-state index in [2.05, 4.69) is 49.6 Å². The first-order valence-electron chi connectivity index (χ1n) is 11.2. The van der Waals surface area contributed by atoms with E-state index in [0.29, 0.717) is 24.0 Å². The van der Waals surface area contributed by atoms with Crippen molar-refractivity contribution in [3.05, 3.63) is 84.0 Å². The largest absolute Gasteiger partial charge is 0.353 e. The van der Waals surface area contributed by atoms with Gasteiger partial charge in [0.1, 0.15) is 5.69 Å². The number of hydrogen-bond donors (Lipinski definition) is 4. The number of H-pyrrole nitrogens is 2. The molecule has 0 saturated carbocycles. The minimum atomic E-state index is -0.107. The number of amidine groups is 1. The van der Waals surface area contributed by atoms with Crippen LogP contribution in [0.1, 0.15) is 42.4 Å². The zero-order valence-electron chi connectivity index (χ0n) is 20.0. The van der Waals surface area contributed by atoms with E-state index in [4.69, 9.17) is 0 Å². The molecule has 34 heavy (non-hydrogen) atoms. The number of hydrogen-bond acceptors (Lipinski definition) is 3. The van der Waals surface area contributed by atoms with E-state index in [0.717, 1.165) is 27.6 Å². The molecule has 4 N–H and O–H groups in total. The van der Waals surface area contributed by atoms with Crippen molar-refractivity contribution < 1.29 is 4.79 Å². The summed E-state index contributed by atoms with van der Waals surface area (Å²) < 4.78 is 0. The zero-order chi connectivity index (χ0) is 24.3. The number of carbonyl (C=O) groups excluding carboxylic acids is 1. The van der Waals surface area contributed by atoms with Gasteiger partial charge in [-0.05, 0) is 36.6 Å². The molecule has 3 aromatic rings. The third-order valence-electron chi connectivity index (χ3n) is 4.92. The number of rotatable bonds is 9. The molecule has 0 aliphatic heterocycles. The third kappa shape index (κ3) is 6.65. The van der Waals surface area contributed by atoms with Crippen LogP contribution in [-0.4, -0.2) is 46.9 Å². The number of nitrogens with zero attached hydrogens (tertiary/aromatic N) is 3. The fourth-order valence-corrected chi connectivity index (χ4v) is 3.23. The molecule has 176 valence electrons. The summed E-state index contributed by atoms with van der Waals surface area (Å²) in [6.45, 7) is 6.74. The highest BCUT2D eigenvalue weighted by atomic mass is 16.1. The SMILES string of the molecule is C\C=C/C(=C\C=C\N/C=N/C(=N\C)c1ccc2cc(C(=O)NCC(C)C)[nH]c2c1)c1cn[nH]c1. The molecule has 0 spiro atoms. The maximum absolute atomic E-state index is 12.3. The van der Waals surface area contributed by atoms with Crippen LogP contribution >= 0.6 is 0 Å². The Labute approximate surface area is 199 Å². The second kappa shape index (κ2) is 12.2. The first kappa shape index (κ1) is 24.4. The predicted octanol–water partition coefficient (Wildman–Crippen LogP) is 4.44. The topological polar surface area (TPSA) is 110 Å². The Kier molecular flexibility index (Phi) is 8.73. The monoisotopic (exact) mass is 457 g/mol. The number of amides is 1. The van der Waals surface area contributed by atoms with Crippen molar-refractivity contribution in [2.75, 3.05) is 13.6 Å². The molecule has 8 heteroatoms. The molecule has 2 aromatic heterocycles. The minimum Gasteiger partial charge on any atom is -0.353 e. The minimum absolute atomic E-state index is 0.107. The van der Waals surface area contributed by atoms with Crippen molar-refractivity contribution in [2.45, 2.75) is 20.8 Å². The second-order valence-corrected chi connectivity index (χ2v) is 8.03. The van der Waals surface area contributed by atoms with Gasteiger partial charge >= 0.3 is 0 Å². The van der Waals surface area contributed by atoms with Gasteiger partial charge in [-0.3, -0.25) is 14.9 Å². The molecule has 0 aliphatic carbocycles. The van der Waals surface area contributed by atoms with Crippen LogP contribution in [0.3, 0.4) is 0 Å². The summed E-state index contributed by atoms with van der Waals surface area (Å²) in [5.74, 6) is 0.864. The molecule has 0 aliphatic rings. The number of aromatic amines is 2. The lowest BCUT2D eigenvalue weighted by molar-refractivity contribution is 0.0945. The van der Waals surface area contributed by atoms with Crippen LogP contribution in [0.2, 0.25) is 0 Å². The lowest BCUT2D eigenvalue weighted by atomic mass is 10.1. The van der Waals surface area contributed by atoms with E-state index in [9.17, 15) is 4.79 Å². The number of carbonyl (C=O) groups is 1. The average molecular weight is 458 g/mol. The van der Waals surface area contributed by atoms with Crippen molar-refractivity contribution in [3.63, 3.8) is 0 Å². The van der Waals surface area contributed by atoms with Gasteiger partial charge < -0.3 is 15.6 Å². The molecule has 0 atom stereocenters. The van der Waals surface area contributed by atoms with E-state index in [1.54, 1.807) is 25.8 Å². The van der Waals surface area contributed by atoms with Gasteiger partial charge in [-0.25, -0.2) is 4.99 Å². The van der Waals surface area contributed by atoms with E-state index in [1.165, 1.54) is 0 Å². The Bertz CT molecular complexity index is 1240. The summed E-state index contributed by atoms with van der Waals surface area (Å²) in [7, 11) is 1.70. The van der Waals surface area contributed by atoms with E-state index < -0.39 is 0 Å². The number of aliphatic imine (C=N–C) groups is 2. The summed E-state index contributed by atoms with van der Waals surface area (Å²) in [6, 6.07) is 7.70. The molecule has 1 aromatic carbocycles. The van der Waals surface area contributed by atoms with Gasteiger partial charge in [-0.15, -0.1) is 0 Å². The van der Waals surface area contributed by atoms with Crippen molar-refractivity contribution in [1.82, 2.24) is 25.8 Å². The molecular weight excluding hydrogens is 426 g/mol. The summed E-state index contributed by atoms with van der Waals surface area (Å²) in [5, 5.41) is 13.7. The average Bonchev–Trinajstić information content (AvgIpc) is 3.51. The lowest BCUT2D eigenvalue weighted by Gasteiger charge is -2.05. The standard InChI is InChI=1S/C26H31N7O/c1-5-7-19(22-15-31-32-16-22)8-6-11-28-17-30-25(27-4)21-10-9-20-12-24(33-23(20)13-21)26(34)29-14-18(2)3/h5-13,15-18,33H,14H2,1-4H3,(H,29,34)(H,31,32)(H,27,28,30)/b7-5-,11-6+,19-8+. The van der Waals surface area contributed by atoms with Gasteiger partial charge in [0.2, 0.25) is 0 Å². The van der Waals surface area contributed by atoms with Crippen molar-refractivity contribution in [2.24, 2.45) is 15.9 Å². The van der Waals surface area contributed by atoms with Gasteiger partial charge in [-0.2, -0.15) is 5.10 Å². The highest BCUT2D eigenvalue weighted by molar-refractivity contribution is 6.06. The Morgan fingerprint density at radius 2 is 2.09 bits per heavy atom. The van der Waals surface area contributed by atoms with Gasteiger partial charge in [-0.1, -0.05) is 44.2 Å². The Morgan fingerprint density at radius 1 is 1.24 bits per heavy atom. The van der Waals surface area contributed by atoms with Crippen LogP contribution < -0.4 is 10.6 Å². The summed E-state index contributed by atoms with van der Waals surface area (Å²) in [6.07, 6.45) is 14.9. The van der Waals surface area contributed by atoms with Crippen LogP contribution in [0, 0.1) is 5.92 Å². The third-order valence-corrected chi connectivity index (χ3v) is 4.92. The second-order valence-electron chi connectivity index (χ2n) is 8.03. The molecule has 1 amide bonds. The number of allylic oxidation sites excluding steroid dienone is 5. The maximum Gasteiger partial charge on any atom is 0.267 e. The molecule has 0 bridgehead atoms. The Balaban J connectivity index is 1.65. The zero-order valence-corrected chi connectivity index (χ0v) is 20.0. The fraction of sp³-hybridized carbons (Fsp3) is 0.231. The van der Waals surface area contributed by atoms with Crippen molar-refractivity contribution in [1.29, 1.82) is 0 Å². The van der Waals surface area contributed by atoms with Crippen LogP contribution in [0.15, 0.2) is 77.1 Å². The van der Waals surface area contributed by atoms with Crippen LogP contribution in [0.4, 0.5) is 0 Å². The van der Waals surface area contributed by atoms with E-state index in [1.807, 2.05) is 61.7 Å². The van der Waals surface area contributed by atoms with Gasteiger partial charge in [0.15, 0.2) is 5.84 Å². The smallest absolute Gasteiger partial charge is 0.267 e. The molecule has 8 nitrogen and oxygen atoms in total. The first-order valence-corrected chi connectivity index (χ1v) is 11.2. The van der Waals surface area contributed by atoms with Crippen LogP contribution in [0.5, 0.6) is 0 Å². The molecule has 3 rings (SSSR count). The summed E-state index contributed by atoms with van der Waals surface area (Å²) in [5.41, 5.74) is 4.30. The number of benzene rings is 1. The van der Waals surface area contributed by atoms with E-state index >= 15 is 0 Å². The molecular formula is C26H31N7O. The number of nitrogens with one attached hydrogen (secondary N) is 4. The highest BCUT2D eigenvalue weighted by Crippen LogP contribution is 2.18.